The van der Waals surface area contributed by atoms with Crippen molar-refractivity contribution >= 4 is 29.1 Å². The number of carbonyl (C=O) groups excluding carboxylic acids is 3. The molecule has 0 radical (unpaired) electrons. The number of nitrogens with one attached hydrogen (secondary N) is 1. The van der Waals surface area contributed by atoms with Gasteiger partial charge in [0.2, 0.25) is 0 Å². The van der Waals surface area contributed by atoms with Gasteiger partial charge in [-0.05, 0) is 61.5 Å². The molecule has 1 aliphatic heterocycles. The largest absolute Gasteiger partial charge is 0.457 e. The number of fused-ring (bicyclic) bond motifs is 1. The number of nitrogens with zero attached hydrogens (tertiary/aromatic N) is 1. The van der Waals surface area contributed by atoms with Gasteiger partial charge in [0, 0.05) is 17.3 Å². The van der Waals surface area contributed by atoms with Gasteiger partial charge in [0.05, 0.1) is 16.8 Å². The van der Waals surface area contributed by atoms with E-state index < -0.39 is 5.91 Å². The van der Waals surface area contributed by atoms with E-state index in [1.165, 1.54) is 0 Å². The van der Waals surface area contributed by atoms with Crippen molar-refractivity contribution < 1.29 is 19.1 Å². The van der Waals surface area contributed by atoms with Crippen molar-refractivity contribution in [2.75, 3.05) is 10.2 Å². The van der Waals surface area contributed by atoms with Crippen molar-refractivity contribution in [1.29, 1.82) is 0 Å². The quantitative estimate of drug-likeness (QED) is 0.389. The molecule has 1 N–H and O–H groups in total. The van der Waals surface area contributed by atoms with Crippen molar-refractivity contribution in [1.82, 2.24) is 0 Å². The third-order valence-corrected chi connectivity index (χ3v) is 5.48. The summed E-state index contributed by atoms with van der Waals surface area (Å²) in [7, 11) is 0. The van der Waals surface area contributed by atoms with Crippen LogP contribution in [0.25, 0.3) is 0 Å². The summed E-state index contributed by atoms with van der Waals surface area (Å²) in [4.78, 5) is 39.5. The molecule has 4 aromatic rings. The Morgan fingerprint density at radius 2 is 1.47 bits per heavy atom. The molecule has 6 nitrogen and oxygen atoms in total. The molecule has 3 amide bonds. The lowest BCUT2D eigenvalue weighted by atomic mass is 10.1. The Morgan fingerprint density at radius 1 is 0.735 bits per heavy atom. The lowest BCUT2D eigenvalue weighted by molar-refractivity contribution is 0.0924. The maximum absolute atomic E-state index is 12.9. The van der Waals surface area contributed by atoms with E-state index in [4.69, 9.17) is 4.74 Å². The number of aryl methyl sites for hydroxylation is 1. The predicted molar refractivity (Wildman–Crippen MR) is 130 cm³/mol. The molecule has 1 aliphatic rings. The molecule has 166 valence electrons. The maximum atomic E-state index is 12.9. The summed E-state index contributed by atoms with van der Waals surface area (Å²) in [6.07, 6.45) is 0. The predicted octanol–water partition coefficient (Wildman–Crippen LogP) is 5.84. The molecule has 0 aromatic heterocycles. The zero-order chi connectivity index (χ0) is 23.7. The van der Waals surface area contributed by atoms with Crippen LogP contribution in [0, 0.1) is 6.92 Å². The highest BCUT2D eigenvalue weighted by Gasteiger charge is 2.36. The number of imide groups is 1. The Hall–Kier alpha value is -4.71. The molecule has 5 rings (SSSR count). The van der Waals surface area contributed by atoms with Gasteiger partial charge in [0.1, 0.15) is 11.5 Å². The molecule has 4 aromatic carbocycles. The number of benzene rings is 4. The molecule has 0 aliphatic carbocycles. The van der Waals surface area contributed by atoms with Crippen LogP contribution in [0.1, 0.15) is 36.6 Å². The van der Waals surface area contributed by atoms with E-state index in [1.807, 2.05) is 31.2 Å². The number of amides is 3. The van der Waals surface area contributed by atoms with Gasteiger partial charge < -0.3 is 10.1 Å². The van der Waals surface area contributed by atoms with Crippen molar-refractivity contribution in [3.63, 3.8) is 0 Å². The summed E-state index contributed by atoms with van der Waals surface area (Å²) in [6, 6.07) is 27.9. The minimum absolute atomic E-state index is 0.219. The molecule has 0 unspecified atom stereocenters. The summed E-state index contributed by atoms with van der Waals surface area (Å²) in [5, 5.41) is 2.87. The molecular formula is C28H20N2O4. The average Bonchev–Trinajstić information content (AvgIpc) is 3.09. The SMILES string of the molecule is Cc1cccc(C(=O)Nc2cccc(Oc3ccc4c(c3)C(=O)N(c3ccccc3)C4=O)c2)c1. The number of ether oxygens (including phenoxy) is 1. The van der Waals surface area contributed by atoms with Gasteiger partial charge in [-0.15, -0.1) is 0 Å². The van der Waals surface area contributed by atoms with Crippen LogP contribution in [0.15, 0.2) is 97.1 Å². The summed E-state index contributed by atoms with van der Waals surface area (Å²) in [5.41, 5.74) is 3.28. The lowest BCUT2D eigenvalue weighted by Crippen LogP contribution is -2.29. The number of hydrogen-bond donors (Lipinski definition) is 1. The minimum Gasteiger partial charge on any atom is -0.457 e. The van der Waals surface area contributed by atoms with Crippen molar-refractivity contribution in [2.24, 2.45) is 0 Å². The van der Waals surface area contributed by atoms with Gasteiger partial charge in [0.25, 0.3) is 17.7 Å². The Morgan fingerprint density at radius 3 is 2.26 bits per heavy atom. The Bertz CT molecular complexity index is 1430. The third-order valence-electron chi connectivity index (χ3n) is 5.48. The van der Waals surface area contributed by atoms with Crippen LogP contribution in [0.2, 0.25) is 0 Å². The first-order valence-electron chi connectivity index (χ1n) is 10.7. The van der Waals surface area contributed by atoms with Gasteiger partial charge in [-0.2, -0.15) is 0 Å². The second kappa shape index (κ2) is 8.67. The van der Waals surface area contributed by atoms with Crippen LogP contribution in [-0.4, -0.2) is 17.7 Å². The van der Waals surface area contributed by atoms with E-state index in [0.717, 1.165) is 10.5 Å². The lowest BCUT2D eigenvalue weighted by Gasteiger charge is -2.13. The summed E-state index contributed by atoms with van der Waals surface area (Å²) < 4.78 is 5.94. The van der Waals surface area contributed by atoms with Gasteiger partial charge >= 0.3 is 0 Å². The molecule has 0 atom stereocenters. The van der Waals surface area contributed by atoms with Gasteiger partial charge in [0.15, 0.2) is 0 Å². The fourth-order valence-electron chi connectivity index (χ4n) is 3.86. The summed E-state index contributed by atoms with van der Waals surface area (Å²) in [6.45, 7) is 1.93. The third kappa shape index (κ3) is 4.04. The molecule has 6 heteroatoms. The first-order chi connectivity index (χ1) is 16.5. The second-order valence-electron chi connectivity index (χ2n) is 7.94. The standard InChI is InChI=1S/C28H20N2O4/c1-18-7-5-8-19(15-18)26(31)29-20-9-6-12-22(16-20)34-23-13-14-24-25(17-23)28(33)30(27(24)32)21-10-3-2-4-11-21/h2-17H,1H3,(H,29,31). The highest BCUT2D eigenvalue weighted by molar-refractivity contribution is 6.34. The average molecular weight is 448 g/mol. The Kier molecular flexibility index (Phi) is 5.40. The second-order valence-corrected chi connectivity index (χ2v) is 7.94. The first-order valence-corrected chi connectivity index (χ1v) is 10.7. The van der Waals surface area contributed by atoms with E-state index in [1.54, 1.807) is 72.8 Å². The molecule has 0 fully saturated rings. The molecule has 1 heterocycles. The van der Waals surface area contributed by atoms with E-state index in [2.05, 4.69) is 5.32 Å². The maximum Gasteiger partial charge on any atom is 0.266 e. The number of carbonyl (C=O) groups is 3. The molecule has 0 spiro atoms. The van der Waals surface area contributed by atoms with Crippen LogP contribution in [0.3, 0.4) is 0 Å². The Labute approximate surface area is 196 Å². The van der Waals surface area contributed by atoms with E-state index in [-0.39, 0.29) is 17.4 Å². The van der Waals surface area contributed by atoms with E-state index in [9.17, 15) is 14.4 Å². The van der Waals surface area contributed by atoms with E-state index >= 15 is 0 Å². The fraction of sp³-hybridized carbons (Fsp3) is 0.0357. The topological polar surface area (TPSA) is 75.7 Å². The van der Waals surface area contributed by atoms with Gasteiger partial charge in [-0.25, -0.2) is 4.90 Å². The number of anilines is 2. The smallest absolute Gasteiger partial charge is 0.266 e. The molecule has 0 saturated carbocycles. The zero-order valence-corrected chi connectivity index (χ0v) is 18.3. The monoisotopic (exact) mass is 448 g/mol. The van der Waals surface area contributed by atoms with E-state index in [0.29, 0.717) is 34.0 Å². The normalized spacial score (nSPS) is 12.4. The molecule has 0 bridgehead atoms. The van der Waals surface area contributed by atoms with Crippen LogP contribution < -0.4 is 15.0 Å². The molecular weight excluding hydrogens is 428 g/mol. The summed E-state index contributed by atoms with van der Waals surface area (Å²) >= 11 is 0. The van der Waals surface area contributed by atoms with Gasteiger partial charge in [-0.3, -0.25) is 14.4 Å². The summed E-state index contributed by atoms with van der Waals surface area (Å²) in [5.74, 6) is -0.0754. The number of para-hydroxylation sites is 1. The van der Waals surface area contributed by atoms with Crippen molar-refractivity contribution in [3.05, 3.63) is 119 Å². The highest BCUT2D eigenvalue weighted by atomic mass is 16.5. The number of hydrogen-bond acceptors (Lipinski definition) is 4. The molecule has 0 saturated heterocycles. The molecule has 34 heavy (non-hydrogen) atoms. The fourth-order valence-corrected chi connectivity index (χ4v) is 3.86. The zero-order valence-electron chi connectivity index (χ0n) is 18.3. The van der Waals surface area contributed by atoms with Crippen LogP contribution in [0.5, 0.6) is 11.5 Å². The number of rotatable bonds is 5. The Balaban J connectivity index is 1.35. The van der Waals surface area contributed by atoms with Crippen molar-refractivity contribution in [3.8, 4) is 11.5 Å². The van der Waals surface area contributed by atoms with Crippen molar-refractivity contribution in [2.45, 2.75) is 6.92 Å². The van der Waals surface area contributed by atoms with Crippen LogP contribution in [-0.2, 0) is 0 Å². The van der Waals surface area contributed by atoms with Gasteiger partial charge in [-0.1, -0.05) is 42.0 Å². The minimum atomic E-state index is -0.393. The van der Waals surface area contributed by atoms with Crippen LogP contribution in [0.4, 0.5) is 11.4 Å². The first kappa shape index (κ1) is 21.2. The van der Waals surface area contributed by atoms with Crippen LogP contribution >= 0.6 is 0 Å². The highest BCUT2D eigenvalue weighted by Crippen LogP contribution is 2.32.